The van der Waals surface area contributed by atoms with E-state index in [0.29, 0.717) is 32.7 Å². The fraction of sp³-hybridized carbons (Fsp3) is 0.735. The summed E-state index contributed by atoms with van der Waals surface area (Å²) in [7, 11) is -2.16. The van der Waals surface area contributed by atoms with Crippen LogP contribution < -0.4 is 4.74 Å². The van der Waals surface area contributed by atoms with Gasteiger partial charge in [-0.15, -0.1) is 0 Å². The number of rotatable bonds is 12. The van der Waals surface area contributed by atoms with Gasteiger partial charge >= 0.3 is 0 Å². The zero-order valence-electron chi connectivity index (χ0n) is 27.0. The van der Waals surface area contributed by atoms with E-state index in [0.717, 1.165) is 55.6 Å². The maximum Gasteiger partial charge on any atom is 0.199 e. The molecule has 3 aliphatic rings. The Kier molecular flexibility index (Phi) is 11.7. The first-order valence-corrected chi connectivity index (χ1v) is 19.0. The maximum absolute atomic E-state index is 13.5. The molecule has 1 aromatic rings. The van der Waals surface area contributed by atoms with Crippen molar-refractivity contribution in [1.82, 2.24) is 0 Å². The van der Waals surface area contributed by atoms with E-state index >= 15 is 0 Å². The number of hydrogen-bond donors (Lipinski definition) is 0. The molecule has 7 nitrogen and oxygen atoms in total. The van der Waals surface area contributed by atoms with Gasteiger partial charge in [0.05, 0.1) is 37.3 Å². The van der Waals surface area contributed by atoms with Crippen LogP contribution in [0, 0.1) is 18.8 Å². The minimum absolute atomic E-state index is 0.0213. The third-order valence-corrected chi connectivity index (χ3v) is 13.8. The first kappa shape index (κ1) is 33.2. The summed E-state index contributed by atoms with van der Waals surface area (Å²) in [4.78, 5) is 13.5. The van der Waals surface area contributed by atoms with Crippen LogP contribution >= 0.6 is 0 Å². The van der Waals surface area contributed by atoms with Gasteiger partial charge in [-0.3, -0.25) is 4.79 Å². The molecule has 0 amide bonds. The van der Waals surface area contributed by atoms with Gasteiger partial charge in [0.1, 0.15) is 17.3 Å². The third kappa shape index (κ3) is 8.91. The molecule has 2 unspecified atom stereocenters. The van der Waals surface area contributed by atoms with E-state index in [1.54, 1.807) is 6.92 Å². The Morgan fingerprint density at radius 2 is 1.69 bits per heavy atom. The molecular weight excluding hydrogens is 548 g/mol. The molecule has 0 radical (unpaired) electrons. The number of hydrogen-bond acceptors (Lipinski definition) is 7. The Morgan fingerprint density at radius 1 is 1.00 bits per heavy atom. The van der Waals surface area contributed by atoms with Crippen LogP contribution in [0.15, 0.2) is 36.1 Å². The van der Waals surface area contributed by atoms with Crippen molar-refractivity contribution in [1.29, 1.82) is 0 Å². The van der Waals surface area contributed by atoms with Crippen molar-refractivity contribution in [3.8, 4) is 5.75 Å². The van der Waals surface area contributed by atoms with Crippen LogP contribution in [0.5, 0.6) is 5.75 Å². The van der Waals surface area contributed by atoms with Gasteiger partial charge in [-0.2, -0.15) is 0 Å². The van der Waals surface area contributed by atoms with Crippen LogP contribution in [-0.4, -0.2) is 58.7 Å². The SMILES string of the molecule is CC(=O)[C@H]1[C@@H](/C(=C\CCOc2cccc(C)c2)OC2CCCCO2)[C@@H](OC2CCCCO2)C[C@H]1O[Si](C)(C)C(C)(C)C. The fourth-order valence-corrected chi connectivity index (χ4v) is 7.34. The van der Waals surface area contributed by atoms with Gasteiger partial charge in [-0.25, -0.2) is 0 Å². The summed E-state index contributed by atoms with van der Waals surface area (Å²) in [6, 6.07) is 8.08. The Labute approximate surface area is 254 Å². The lowest BCUT2D eigenvalue weighted by molar-refractivity contribution is -0.201. The topological polar surface area (TPSA) is 72.5 Å². The summed E-state index contributed by atoms with van der Waals surface area (Å²) in [5, 5.41) is 0.0213. The van der Waals surface area contributed by atoms with Gasteiger partial charge in [0.2, 0.25) is 0 Å². The summed E-state index contributed by atoms with van der Waals surface area (Å²) in [6.45, 7) is 16.9. The molecule has 0 bridgehead atoms. The quantitative estimate of drug-likeness (QED) is 0.138. The number of ketones is 1. The monoisotopic (exact) mass is 602 g/mol. The highest BCUT2D eigenvalue weighted by Crippen LogP contribution is 2.47. The largest absolute Gasteiger partial charge is 0.493 e. The maximum atomic E-state index is 13.5. The van der Waals surface area contributed by atoms with E-state index in [9.17, 15) is 4.79 Å². The predicted octanol–water partition coefficient (Wildman–Crippen LogP) is 7.72. The lowest BCUT2D eigenvalue weighted by atomic mass is 9.88. The molecule has 3 fully saturated rings. The van der Waals surface area contributed by atoms with Crippen LogP contribution in [0.4, 0.5) is 0 Å². The second-order valence-corrected chi connectivity index (χ2v) is 18.5. The number of aryl methyl sites for hydroxylation is 1. The summed E-state index contributed by atoms with van der Waals surface area (Å²) in [5.41, 5.74) is 1.16. The molecule has 1 saturated carbocycles. The van der Waals surface area contributed by atoms with E-state index in [1.165, 1.54) is 0 Å². The standard InChI is InChI=1S/C34H54O7Si/c1-24-14-12-15-26(22-24)36-21-13-16-27(39-30-17-8-10-19-37-30)33-28(40-31-18-9-11-20-38-31)23-29(32(33)25(2)35)41-42(6,7)34(3,4)5/h12,14-16,22,28-33H,8-11,13,17-21,23H2,1-7H3/b27-16+/t28-,29+,30?,31?,32+,33-/m0/s1. The Hall–Kier alpha value is -1.71. The van der Waals surface area contributed by atoms with Crippen molar-refractivity contribution in [3.05, 3.63) is 41.7 Å². The molecule has 236 valence electrons. The van der Waals surface area contributed by atoms with E-state index in [1.807, 2.05) is 18.2 Å². The summed E-state index contributed by atoms with van der Waals surface area (Å²) in [6.07, 6.45) is 8.17. The van der Waals surface area contributed by atoms with Crippen LogP contribution in [-0.2, 0) is 28.2 Å². The van der Waals surface area contributed by atoms with E-state index in [2.05, 4.69) is 52.9 Å². The molecule has 6 atom stereocenters. The van der Waals surface area contributed by atoms with Crippen LogP contribution in [0.2, 0.25) is 18.1 Å². The summed E-state index contributed by atoms with van der Waals surface area (Å²) < 4.78 is 38.4. The summed E-state index contributed by atoms with van der Waals surface area (Å²) in [5.74, 6) is 1.06. The molecule has 42 heavy (non-hydrogen) atoms. The zero-order chi connectivity index (χ0) is 30.3. The van der Waals surface area contributed by atoms with Crippen molar-refractivity contribution < 1.29 is 32.9 Å². The van der Waals surface area contributed by atoms with Crippen molar-refractivity contribution in [3.63, 3.8) is 0 Å². The zero-order valence-corrected chi connectivity index (χ0v) is 28.0. The Balaban J connectivity index is 1.63. The second kappa shape index (κ2) is 14.8. The highest BCUT2D eigenvalue weighted by molar-refractivity contribution is 6.74. The third-order valence-electron chi connectivity index (χ3n) is 9.29. The van der Waals surface area contributed by atoms with Crippen LogP contribution in [0.3, 0.4) is 0 Å². The molecule has 0 N–H and O–H groups in total. The average Bonchev–Trinajstić information content (AvgIpc) is 3.27. The molecule has 1 aromatic carbocycles. The number of ether oxygens (including phenoxy) is 5. The predicted molar refractivity (Wildman–Crippen MR) is 167 cm³/mol. The van der Waals surface area contributed by atoms with Crippen molar-refractivity contribution in [2.45, 2.75) is 129 Å². The molecule has 0 aromatic heterocycles. The number of benzene rings is 1. The van der Waals surface area contributed by atoms with E-state index in [4.69, 9.17) is 28.1 Å². The van der Waals surface area contributed by atoms with Crippen molar-refractivity contribution in [2.24, 2.45) is 11.8 Å². The van der Waals surface area contributed by atoms with Gasteiger partial charge in [-0.05, 0) is 87.9 Å². The molecule has 8 heteroatoms. The van der Waals surface area contributed by atoms with Crippen LogP contribution in [0.25, 0.3) is 0 Å². The molecule has 0 spiro atoms. The number of carbonyl (C=O) groups is 1. The fourth-order valence-electron chi connectivity index (χ4n) is 5.99. The van der Waals surface area contributed by atoms with Gasteiger partial charge in [0.25, 0.3) is 0 Å². The van der Waals surface area contributed by atoms with Crippen molar-refractivity contribution in [2.75, 3.05) is 19.8 Å². The molecule has 2 aliphatic heterocycles. The molecule has 2 heterocycles. The molecule has 4 rings (SSSR count). The molecule has 2 saturated heterocycles. The van der Waals surface area contributed by atoms with E-state index < -0.39 is 8.32 Å². The highest BCUT2D eigenvalue weighted by atomic mass is 28.4. The van der Waals surface area contributed by atoms with Gasteiger partial charge in [0, 0.05) is 25.9 Å². The lowest BCUT2D eigenvalue weighted by Crippen LogP contribution is -2.46. The first-order valence-electron chi connectivity index (χ1n) is 16.1. The first-order chi connectivity index (χ1) is 19.9. The number of carbonyl (C=O) groups excluding carboxylic acids is 1. The van der Waals surface area contributed by atoms with Crippen LogP contribution in [0.1, 0.15) is 84.6 Å². The number of Topliss-reactive ketones (excluding diaryl/α,β-unsaturated/α-hetero) is 1. The average molecular weight is 603 g/mol. The molecule has 1 aliphatic carbocycles. The van der Waals surface area contributed by atoms with E-state index in [-0.39, 0.29) is 47.4 Å². The highest BCUT2D eigenvalue weighted by Gasteiger charge is 2.53. The second-order valence-electron chi connectivity index (χ2n) is 13.8. The smallest absolute Gasteiger partial charge is 0.199 e. The minimum atomic E-state index is -2.16. The lowest BCUT2D eigenvalue weighted by Gasteiger charge is -2.40. The van der Waals surface area contributed by atoms with Crippen molar-refractivity contribution >= 4 is 14.1 Å². The van der Waals surface area contributed by atoms with Gasteiger partial charge in [-0.1, -0.05) is 32.9 Å². The van der Waals surface area contributed by atoms with Gasteiger partial charge in [0.15, 0.2) is 20.9 Å². The molecular formula is C34H54O7Si. The van der Waals surface area contributed by atoms with Gasteiger partial charge < -0.3 is 28.1 Å². The Morgan fingerprint density at radius 3 is 2.29 bits per heavy atom. The summed E-state index contributed by atoms with van der Waals surface area (Å²) >= 11 is 0. The minimum Gasteiger partial charge on any atom is -0.493 e. The Bertz CT molecular complexity index is 1040. The normalized spacial score (nSPS) is 29.4.